The smallest absolute Gasteiger partial charge is 0.396 e. The second-order valence-corrected chi connectivity index (χ2v) is 5.12. The van der Waals surface area contributed by atoms with Crippen LogP contribution in [0.15, 0.2) is 12.1 Å². The molecule has 21 heavy (non-hydrogen) atoms. The Kier molecular flexibility index (Phi) is 3.44. The molecule has 114 valence electrons. The molecular formula is C12H14F3N5O. The average molecular weight is 301 g/mol. The summed E-state index contributed by atoms with van der Waals surface area (Å²) in [6.45, 7) is 1.36. The van der Waals surface area contributed by atoms with Crippen LogP contribution in [0, 0.1) is 5.92 Å². The van der Waals surface area contributed by atoms with Gasteiger partial charge in [-0.3, -0.25) is 0 Å². The maximum Gasteiger partial charge on any atom is 0.453 e. The molecular weight excluding hydrogens is 287 g/mol. The summed E-state index contributed by atoms with van der Waals surface area (Å²) in [5.41, 5.74) is 0.0572. The predicted molar refractivity (Wildman–Crippen MR) is 67.8 cm³/mol. The minimum Gasteiger partial charge on any atom is -0.396 e. The fourth-order valence-electron chi connectivity index (χ4n) is 2.55. The summed E-state index contributed by atoms with van der Waals surface area (Å²) in [6.07, 6.45) is -2.81. The number of aliphatic hydroxyl groups excluding tert-OH is 1. The summed E-state index contributed by atoms with van der Waals surface area (Å²) < 4.78 is 39.2. The Balaban J connectivity index is 1.96. The van der Waals surface area contributed by atoms with Gasteiger partial charge in [0, 0.05) is 19.7 Å². The van der Waals surface area contributed by atoms with E-state index in [1.807, 2.05) is 4.90 Å². The van der Waals surface area contributed by atoms with Crippen molar-refractivity contribution in [2.45, 2.75) is 19.0 Å². The van der Waals surface area contributed by atoms with E-state index < -0.39 is 12.0 Å². The average Bonchev–Trinajstić information content (AvgIpc) is 2.90. The number of anilines is 1. The number of alkyl halides is 3. The zero-order valence-corrected chi connectivity index (χ0v) is 11.1. The first-order valence-corrected chi connectivity index (χ1v) is 6.64. The van der Waals surface area contributed by atoms with Crippen molar-refractivity contribution in [2.75, 3.05) is 24.6 Å². The normalized spacial score (nSPS) is 20.2. The van der Waals surface area contributed by atoms with E-state index >= 15 is 0 Å². The van der Waals surface area contributed by atoms with Gasteiger partial charge in [0.05, 0.1) is 0 Å². The molecule has 0 saturated carbocycles. The predicted octanol–water partition coefficient (Wildman–Crippen LogP) is 1.35. The lowest BCUT2D eigenvalue weighted by Crippen LogP contribution is -2.37. The molecule has 9 heteroatoms. The molecule has 1 fully saturated rings. The molecule has 1 N–H and O–H groups in total. The Hall–Kier alpha value is -1.90. The van der Waals surface area contributed by atoms with Gasteiger partial charge in [-0.05, 0) is 30.9 Å². The Morgan fingerprint density at radius 1 is 1.29 bits per heavy atom. The molecule has 0 aromatic carbocycles. The molecule has 1 unspecified atom stereocenters. The van der Waals surface area contributed by atoms with Crippen LogP contribution in [0.4, 0.5) is 19.0 Å². The molecule has 1 saturated heterocycles. The second-order valence-electron chi connectivity index (χ2n) is 5.12. The summed E-state index contributed by atoms with van der Waals surface area (Å²) >= 11 is 0. The summed E-state index contributed by atoms with van der Waals surface area (Å²) in [4.78, 5) is 1.88. The maximum atomic E-state index is 12.8. The van der Waals surface area contributed by atoms with E-state index in [9.17, 15) is 18.3 Å². The van der Waals surface area contributed by atoms with Crippen LogP contribution in [0.1, 0.15) is 18.7 Å². The summed E-state index contributed by atoms with van der Waals surface area (Å²) in [6, 6.07) is 3.09. The molecule has 2 aromatic rings. The number of nitrogens with zero attached hydrogens (tertiary/aromatic N) is 5. The van der Waals surface area contributed by atoms with Crippen molar-refractivity contribution in [3.05, 3.63) is 18.0 Å². The number of piperidine rings is 1. The van der Waals surface area contributed by atoms with Crippen molar-refractivity contribution in [2.24, 2.45) is 5.92 Å². The van der Waals surface area contributed by atoms with Gasteiger partial charge in [-0.15, -0.1) is 15.3 Å². The van der Waals surface area contributed by atoms with E-state index in [0.29, 0.717) is 18.9 Å². The molecule has 0 amide bonds. The maximum absolute atomic E-state index is 12.8. The minimum atomic E-state index is -4.60. The summed E-state index contributed by atoms with van der Waals surface area (Å²) in [7, 11) is 0. The highest BCUT2D eigenvalue weighted by molar-refractivity contribution is 5.46. The van der Waals surface area contributed by atoms with Crippen LogP contribution < -0.4 is 4.90 Å². The van der Waals surface area contributed by atoms with E-state index in [1.54, 1.807) is 6.07 Å². The molecule has 3 heterocycles. The number of rotatable bonds is 2. The van der Waals surface area contributed by atoms with Crippen LogP contribution in [-0.2, 0) is 6.18 Å². The topological polar surface area (TPSA) is 66.5 Å². The van der Waals surface area contributed by atoms with Crippen LogP contribution >= 0.6 is 0 Å². The SMILES string of the molecule is OCC1CCCN(c2ccc3nnc(C(F)(F)F)n3n2)C1. The van der Waals surface area contributed by atoms with Crippen LogP contribution in [0.5, 0.6) is 0 Å². The Labute approximate surface area is 118 Å². The molecule has 0 spiro atoms. The lowest BCUT2D eigenvalue weighted by molar-refractivity contribution is -0.146. The van der Waals surface area contributed by atoms with Crippen molar-refractivity contribution >= 4 is 11.5 Å². The first kappa shape index (κ1) is 14.1. The van der Waals surface area contributed by atoms with Crippen molar-refractivity contribution in [1.82, 2.24) is 19.8 Å². The highest BCUT2D eigenvalue weighted by Crippen LogP contribution is 2.28. The molecule has 6 nitrogen and oxygen atoms in total. The van der Waals surface area contributed by atoms with Crippen LogP contribution in [-0.4, -0.2) is 44.6 Å². The summed E-state index contributed by atoms with van der Waals surface area (Å²) in [5, 5.41) is 19.9. The van der Waals surface area contributed by atoms with E-state index in [0.717, 1.165) is 17.4 Å². The van der Waals surface area contributed by atoms with E-state index in [2.05, 4.69) is 15.3 Å². The van der Waals surface area contributed by atoms with Gasteiger partial charge in [0.2, 0.25) is 0 Å². The van der Waals surface area contributed by atoms with Gasteiger partial charge in [0.1, 0.15) is 5.82 Å². The van der Waals surface area contributed by atoms with Crippen molar-refractivity contribution in [3.63, 3.8) is 0 Å². The van der Waals surface area contributed by atoms with Crippen molar-refractivity contribution < 1.29 is 18.3 Å². The van der Waals surface area contributed by atoms with Crippen LogP contribution in [0.3, 0.4) is 0 Å². The lowest BCUT2D eigenvalue weighted by atomic mass is 9.99. The first-order chi connectivity index (χ1) is 9.99. The van der Waals surface area contributed by atoms with Gasteiger partial charge in [-0.2, -0.15) is 17.7 Å². The fraction of sp³-hybridized carbons (Fsp3) is 0.583. The van der Waals surface area contributed by atoms with Crippen molar-refractivity contribution in [3.8, 4) is 0 Å². The number of aliphatic hydroxyl groups is 1. The number of aromatic nitrogens is 4. The zero-order valence-electron chi connectivity index (χ0n) is 11.1. The van der Waals surface area contributed by atoms with Crippen LogP contribution in [0.25, 0.3) is 5.65 Å². The van der Waals surface area contributed by atoms with Gasteiger partial charge in [0.15, 0.2) is 5.65 Å². The number of halogens is 3. The summed E-state index contributed by atoms with van der Waals surface area (Å²) in [5.74, 6) is -0.569. The molecule has 3 rings (SSSR count). The second kappa shape index (κ2) is 5.14. The van der Waals surface area contributed by atoms with E-state index in [-0.39, 0.29) is 18.2 Å². The monoisotopic (exact) mass is 301 g/mol. The quantitative estimate of drug-likeness (QED) is 0.907. The number of hydrogen-bond donors (Lipinski definition) is 1. The lowest BCUT2D eigenvalue weighted by Gasteiger charge is -2.32. The fourth-order valence-corrected chi connectivity index (χ4v) is 2.55. The van der Waals surface area contributed by atoms with Gasteiger partial charge < -0.3 is 10.0 Å². The molecule has 1 atom stereocenters. The first-order valence-electron chi connectivity index (χ1n) is 6.64. The third-order valence-electron chi connectivity index (χ3n) is 3.60. The van der Waals surface area contributed by atoms with Gasteiger partial charge in [-0.25, -0.2) is 0 Å². The molecule has 0 aliphatic carbocycles. The van der Waals surface area contributed by atoms with Gasteiger partial charge in [0.25, 0.3) is 5.82 Å². The van der Waals surface area contributed by atoms with Gasteiger partial charge in [-0.1, -0.05) is 0 Å². The molecule has 0 radical (unpaired) electrons. The third-order valence-corrected chi connectivity index (χ3v) is 3.60. The van der Waals surface area contributed by atoms with Crippen LogP contribution in [0.2, 0.25) is 0 Å². The Morgan fingerprint density at radius 3 is 2.81 bits per heavy atom. The molecule has 1 aliphatic heterocycles. The molecule has 1 aliphatic rings. The highest BCUT2D eigenvalue weighted by Gasteiger charge is 2.37. The van der Waals surface area contributed by atoms with E-state index in [4.69, 9.17) is 0 Å². The van der Waals surface area contributed by atoms with E-state index in [1.165, 1.54) is 6.07 Å². The number of fused-ring (bicyclic) bond motifs is 1. The van der Waals surface area contributed by atoms with Crippen molar-refractivity contribution in [1.29, 1.82) is 0 Å². The number of hydrogen-bond acceptors (Lipinski definition) is 5. The Morgan fingerprint density at radius 2 is 2.10 bits per heavy atom. The highest BCUT2D eigenvalue weighted by atomic mass is 19.4. The Bertz CT molecular complexity index is 641. The van der Waals surface area contributed by atoms with Gasteiger partial charge >= 0.3 is 6.18 Å². The third kappa shape index (κ3) is 2.65. The molecule has 2 aromatic heterocycles. The largest absolute Gasteiger partial charge is 0.453 e. The molecule has 0 bridgehead atoms. The standard InChI is InChI=1S/C12H14F3N5O/c13-12(14,15)11-17-16-9-3-4-10(18-20(9)11)19-5-1-2-8(6-19)7-21/h3-4,8,21H,1-2,5-7H2. The minimum absolute atomic E-state index is 0.0572. The zero-order chi connectivity index (χ0) is 15.0.